The van der Waals surface area contributed by atoms with E-state index in [0.717, 1.165) is 30.9 Å². The summed E-state index contributed by atoms with van der Waals surface area (Å²) in [7, 11) is 0. The molecule has 0 radical (unpaired) electrons. The molecule has 1 saturated carbocycles. The lowest BCUT2D eigenvalue weighted by Crippen LogP contribution is -2.19. The number of nitrogens with one attached hydrogen (secondary N) is 3. The van der Waals surface area contributed by atoms with Crippen LogP contribution in [0.2, 0.25) is 0 Å². The second-order valence-corrected chi connectivity index (χ2v) is 8.02. The number of amides is 2. The number of carbonyl (C=O) groups excluding carboxylic acids is 2. The van der Waals surface area contributed by atoms with Crippen LogP contribution in [-0.4, -0.2) is 32.5 Å². The van der Waals surface area contributed by atoms with Gasteiger partial charge in [-0.2, -0.15) is 9.61 Å². The molecule has 3 N–H and O–H groups in total. The summed E-state index contributed by atoms with van der Waals surface area (Å²) in [5.74, 6) is 0.950. The fraction of sp³-hybridized carbons (Fsp3) is 0.304. The van der Waals surface area contributed by atoms with Crippen LogP contribution in [0.25, 0.3) is 11.7 Å². The van der Waals surface area contributed by atoms with Crippen molar-refractivity contribution in [2.75, 3.05) is 10.6 Å². The first-order valence-electron chi connectivity index (χ1n) is 10.6. The second-order valence-electron chi connectivity index (χ2n) is 8.02. The molecule has 3 aromatic rings. The summed E-state index contributed by atoms with van der Waals surface area (Å²) in [4.78, 5) is 28.4. The highest BCUT2D eigenvalue weighted by atomic mass is 16.2. The zero-order valence-electron chi connectivity index (χ0n) is 17.3. The van der Waals surface area contributed by atoms with E-state index in [1.807, 2.05) is 24.3 Å². The van der Waals surface area contributed by atoms with Gasteiger partial charge < -0.3 is 10.6 Å². The van der Waals surface area contributed by atoms with Crippen LogP contribution < -0.4 is 16.0 Å². The molecule has 1 aliphatic heterocycles. The van der Waals surface area contributed by atoms with Crippen LogP contribution in [0.5, 0.6) is 0 Å². The Kier molecular flexibility index (Phi) is 4.89. The monoisotopic (exact) mass is 416 g/mol. The standard InChI is InChI=1S/C23H24N6O2/c1-2-18(14-6-4-3-5-7-14)26-19-12-20(25-17-8-9-17)29-22(27-19)16(13-24-29)10-15-11-21(30)28-23(15)31/h3-7,10,12-13,17-18,25H,2,8-9,11H2,1H3,(H,26,27)(H,28,30,31)/t18-/m1/s1. The third kappa shape index (κ3) is 4.01. The molecule has 8 heteroatoms. The Balaban J connectivity index is 1.54. The van der Waals surface area contributed by atoms with Gasteiger partial charge in [0.25, 0.3) is 5.91 Å². The van der Waals surface area contributed by atoms with E-state index in [4.69, 9.17) is 4.98 Å². The summed E-state index contributed by atoms with van der Waals surface area (Å²) < 4.78 is 1.76. The molecule has 1 saturated heterocycles. The van der Waals surface area contributed by atoms with Crippen molar-refractivity contribution in [1.29, 1.82) is 0 Å². The summed E-state index contributed by atoms with van der Waals surface area (Å²) in [6.07, 6.45) is 6.63. The van der Waals surface area contributed by atoms with Gasteiger partial charge >= 0.3 is 0 Å². The highest BCUT2D eigenvalue weighted by Crippen LogP contribution is 2.29. The van der Waals surface area contributed by atoms with Crippen LogP contribution in [-0.2, 0) is 9.59 Å². The maximum Gasteiger partial charge on any atom is 0.254 e. The topological polar surface area (TPSA) is 100 Å². The first kappa shape index (κ1) is 19.3. The zero-order valence-corrected chi connectivity index (χ0v) is 17.3. The molecule has 1 aliphatic carbocycles. The predicted molar refractivity (Wildman–Crippen MR) is 118 cm³/mol. The first-order valence-corrected chi connectivity index (χ1v) is 10.6. The quantitative estimate of drug-likeness (QED) is 0.404. The minimum atomic E-state index is -0.356. The summed E-state index contributed by atoms with van der Waals surface area (Å²) in [6, 6.07) is 12.8. The molecule has 3 heterocycles. The van der Waals surface area contributed by atoms with E-state index in [9.17, 15) is 9.59 Å². The molecule has 2 aliphatic rings. The minimum Gasteiger partial charge on any atom is -0.367 e. The van der Waals surface area contributed by atoms with E-state index in [1.54, 1.807) is 16.8 Å². The van der Waals surface area contributed by atoms with Crippen LogP contribution in [0.15, 0.2) is 48.2 Å². The molecule has 0 unspecified atom stereocenters. The van der Waals surface area contributed by atoms with Gasteiger partial charge in [0.15, 0.2) is 5.65 Å². The second kappa shape index (κ2) is 7.86. The summed E-state index contributed by atoms with van der Waals surface area (Å²) in [5, 5.41) is 13.9. The van der Waals surface area contributed by atoms with Crippen LogP contribution >= 0.6 is 0 Å². The SMILES string of the molecule is CC[C@@H](Nc1cc(NC2CC2)n2ncc(C=C3CC(=O)NC3=O)c2n1)c1ccccc1. The lowest BCUT2D eigenvalue weighted by Gasteiger charge is -2.19. The van der Waals surface area contributed by atoms with Crippen LogP contribution in [0.4, 0.5) is 11.6 Å². The van der Waals surface area contributed by atoms with Crippen molar-refractivity contribution in [3.8, 4) is 0 Å². The molecule has 0 spiro atoms. The Hall–Kier alpha value is -3.68. The van der Waals surface area contributed by atoms with Crippen molar-refractivity contribution in [2.24, 2.45) is 0 Å². The average Bonchev–Trinajstić information content (AvgIpc) is 3.41. The number of carbonyl (C=O) groups is 2. The number of imide groups is 1. The number of nitrogens with zero attached hydrogens (tertiary/aromatic N) is 3. The molecule has 8 nitrogen and oxygen atoms in total. The Labute approximate surface area is 179 Å². The fourth-order valence-electron chi connectivity index (χ4n) is 3.79. The third-order valence-corrected chi connectivity index (χ3v) is 5.59. The van der Waals surface area contributed by atoms with Crippen molar-refractivity contribution < 1.29 is 9.59 Å². The van der Waals surface area contributed by atoms with E-state index in [2.05, 4.69) is 40.1 Å². The molecule has 2 fully saturated rings. The number of hydrogen-bond acceptors (Lipinski definition) is 6. The summed E-state index contributed by atoms with van der Waals surface area (Å²) >= 11 is 0. The normalized spacial score (nSPS) is 18.4. The van der Waals surface area contributed by atoms with Gasteiger partial charge in [0.05, 0.1) is 18.7 Å². The van der Waals surface area contributed by atoms with Gasteiger partial charge in [-0.1, -0.05) is 37.3 Å². The van der Waals surface area contributed by atoms with Crippen molar-refractivity contribution in [3.05, 3.63) is 59.3 Å². The Morgan fingerprint density at radius 3 is 2.74 bits per heavy atom. The van der Waals surface area contributed by atoms with Crippen molar-refractivity contribution in [2.45, 2.75) is 44.7 Å². The minimum absolute atomic E-state index is 0.0766. The lowest BCUT2D eigenvalue weighted by atomic mass is 10.0. The maximum atomic E-state index is 12.0. The van der Waals surface area contributed by atoms with E-state index in [1.165, 1.54) is 5.56 Å². The van der Waals surface area contributed by atoms with Crippen LogP contribution in [0.1, 0.15) is 49.8 Å². The Bertz CT molecular complexity index is 1180. The smallest absolute Gasteiger partial charge is 0.254 e. The van der Waals surface area contributed by atoms with Crippen molar-refractivity contribution >= 4 is 35.2 Å². The Morgan fingerprint density at radius 2 is 2.06 bits per heavy atom. The van der Waals surface area contributed by atoms with Crippen LogP contribution in [0.3, 0.4) is 0 Å². The molecule has 158 valence electrons. The largest absolute Gasteiger partial charge is 0.367 e. The summed E-state index contributed by atoms with van der Waals surface area (Å²) in [5.41, 5.74) is 2.96. The summed E-state index contributed by atoms with van der Waals surface area (Å²) in [6.45, 7) is 2.14. The van der Waals surface area contributed by atoms with Gasteiger partial charge in [-0.3, -0.25) is 14.9 Å². The van der Waals surface area contributed by atoms with Gasteiger partial charge in [-0.25, -0.2) is 4.98 Å². The lowest BCUT2D eigenvalue weighted by molar-refractivity contribution is -0.124. The van der Waals surface area contributed by atoms with E-state index in [-0.39, 0.29) is 24.3 Å². The number of fused-ring (bicyclic) bond motifs is 1. The number of aromatic nitrogens is 3. The van der Waals surface area contributed by atoms with Crippen LogP contribution in [0, 0.1) is 0 Å². The molecule has 0 bridgehead atoms. The van der Waals surface area contributed by atoms with E-state index >= 15 is 0 Å². The number of hydrogen-bond donors (Lipinski definition) is 3. The molecule has 2 aromatic heterocycles. The maximum absolute atomic E-state index is 12.0. The third-order valence-electron chi connectivity index (χ3n) is 5.59. The molecule has 1 aromatic carbocycles. The highest BCUT2D eigenvalue weighted by molar-refractivity contribution is 6.15. The van der Waals surface area contributed by atoms with Crippen molar-refractivity contribution in [1.82, 2.24) is 19.9 Å². The molecule has 5 rings (SSSR count). The van der Waals surface area contributed by atoms with Gasteiger partial charge in [-0.15, -0.1) is 0 Å². The average molecular weight is 416 g/mol. The van der Waals surface area contributed by atoms with E-state index < -0.39 is 0 Å². The van der Waals surface area contributed by atoms with Gasteiger partial charge in [-0.05, 0) is 30.9 Å². The zero-order chi connectivity index (χ0) is 21.4. The number of benzene rings is 1. The first-order chi connectivity index (χ1) is 15.1. The predicted octanol–water partition coefficient (Wildman–Crippen LogP) is 3.30. The number of anilines is 2. The fourth-order valence-corrected chi connectivity index (χ4v) is 3.79. The van der Waals surface area contributed by atoms with E-state index in [0.29, 0.717) is 22.8 Å². The Morgan fingerprint density at radius 1 is 1.26 bits per heavy atom. The molecule has 31 heavy (non-hydrogen) atoms. The molecular weight excluding hydrogens is 392 g/mol. The van der Waals surface area contributed by atoms with Gasteiger partial charge in [0.2, 0.25) is 5.91 Å². The number of rotatable bonds is 7. The van der Waals surface area contributed by atoms with Gasteiger partial charge in [0, 0.05) is 23.2 Å². The van der Waals surface area contributed by atoms with Crippen molar-refractivity contribution in [3.63, 3.8) is 0 Å². The molecule has 2 amide bonds. The molecular formula is C23H24N6O2. The molecule has 1 atom stereocenters. The highest BCUT2D eigenvalue weighted by Gasteiger charge is 2.26. The van der Waals surface area contributed by atoms with Gasteiger partial charge in [0.1, 0.15) is 11.6 Å².